The number of amides is 2. The Morgan fingerprint density at radius 1 is 1.32 bits per heavy atom. The zero-order valence-electron chi connectivity index (χ0n) is 18.2. The molecule has 31 heavy (non-hydrogen) atoms. The van der Waals surface area contributed by atoms with Gasteiger partial charge < -0.3 is 16.0 Å². The van der Waals surface area contributed by atoms with Crippen LogP contribution < -0.4 is 11.1 Å². The van der Waals surface area contributed by atoms with Crippen LogP contribution in [0, 0.1) is 5.41 Å². The number of tetrazole rings is 1. The summed E-state index contributed by atoms with van der Waals surface area (Å²) in [5.74, 6) is -0.0677. The molecule has 9 nitrogen and oxygen atoms in total. The zero-order chi connectivity index (χ0) is 22.6. The summed E-state index contributed by atoms with van der Waals surface area (Å²) in [6.45, 7) is 6.91. The van der Waals surface area contributed by atoms with Gasteiger partial charge in [-0.1, -0.05) is 32.4 Å². The number of carbonyl (C=O) groups is 2. The quantitative estimate of drug-likeness (QED) is 0.702. The van der Waals surface area contributed by atoms with Gasteiger partial charge in [-0.25, -0.2) is 9.48 Å². The van der Waals surface area contributed by atoms with Gasteiger partial charge in [0.25, 0.3) is 0 Å². The van der Waals surface area contributed by atoms with E-state index in [-0.39, 0.29) is 23.8 Å². The van der Waals surface area contributed by atoms with Crippen LogP contribution in [0.15, 0.2) is 24.5 Å². The van der Waals surface area contributed by atoms with Gasteiger partial charge in [0.15, 0.2) is 5.78 Å². The Balaban J connectivity index is 1.71. The molecule has 1 aliphatic heterocycles. The van der Waals surface area contributed by atoms with Crippen molar-refractivity contribution in [1.29, 1.82) is 0 Å². The number of Topliss-reactive ketones (excluding diaryl/α,β-unsaturated/α-hetero) is 1. The van der Waals surface area contributed by atoms with Crippen LogP contribution in [0.3, 0.4) is 0 Å². The second-order valence-corrected chi connectivity index (χ2v) is 9.60. The van der Waals surface area contributed by atoms with Crippen molar-refractivity contribution in [2.45, 2.75) is 65.1 Å². The molecule has 10 heteroatoms. The second-order valence-electron chi connectivity index (χ2n) is 9.16. The maximum Gasteiger partial charge on any atom is 0.318 e. The fourth-order valence-corrected chi connectivity index (χ4v) is 4.14. The highest BCUT2D eigenvalue weighted by Crippen LogP contribution is 2.25. The van der Waals surface area contributed by atoms with Gasteiger partial charge in [0.1, 0.15) is 6.33 Å². The van der Waals surface area contributed by atoms with Gasteiger partial charge in [-0.2, -0.15) is 0 Å². The Kier molecular flexibility index (Phi) is 7.27. The van der Waals surface area contributed by atoms with E-state index >= 15 is 0 Å². The molecule has 3 rings (SSSR count). The smallest absolute Gasteiger partial charge is 0.318 e. The molecule has 2 aromatic rings. The van der Waals surface area contributed by atoms with Gasteiger partial charge in [-0.05, 0) is 65.3 Å². The highest BCUT2D eigenvalue weighted by atomic mass is 35.5. The highest BCUT2D eigenvalue weighted by molar-refractivity contribution is 6.30. The predicted octanol–water partition coefficient (Wildman–Crippen LogP) is 2.71. The third-order valence-electron chi connectivity index (χ3n) is 5.36. The van der Waals surface area contributed by atoms with Crippen molar-refractivity contribution in [3.63, 3.8) is 0 Å². The fourth-order valence-electron chi connectivity index (χ4n) is 3.94. The maximum atomic E-state index is 13.0. The second kappa shape index (κ2) is 9.74. The summed E-state index contributed by atoms with van der Waals surface area (Å²) in [6, 6.07) is 3.92. The molecule has 0 spiro atoms. The van der Waals surface area contributed by atoms with Crippen LogP contribution in [-0.2, 0) is 11.3 Å². The fraction of sp³-hybridized carbons (Fsp3) is 0.571. The first-order valence-electron chi connectivity index (χ1n) is 10.5. The van der Waals surface area contributed by atoms with Gasteiger partial charge in [0.05, 0.1) is 17.8 Å². The van der Waals surface area contributed by atoms with Crippen LogP contribution in [-0.4, -0.2) is 55.5 Å². The lowest BCUT2D eigenvalue weighted by Crippen LogP contribution is -2.55. The zero-order valence-corrected chi connectivity index (χ0v) is 19.0. The lowest BCUT2D eigenvalue weighted by Gasteiger charge is -2.36. The molecule has 1 aromatic carbocycles. The molecule has 0 aliphatic carbocycles. The van der Waals surface area contributed by atoms with Crippen molar-refractivity contribution in [3.8, 4) is 5.69 Å². The largest absolute Gasteiger partial charge is 0.334 e. The molecule has 0 saturated carbocycles. The van der Waals surface area contributed by atoms with E-state index in [1.807, 2.05) is 0 Å². The van der Waals surface area contributed by atoms with Crippen LogP contribution in [0.1, 0.15) is 52.0 Å². The highest BCUT2D eigenvalue weighted by Gasteiger charge is 2.35. The normalized spacial score (nSPS) is 18.0. The summed E-state index contributed by atoms with van der Waals surface area (Å²) < 4.78 is 1.51. The van der Waals surface area contributed by atoms with Crippen molar-refractivity contribution in [1.82, 2.24) is 30.4 Å². The van der Waals surface area contributed by atoms with Crippen LogP contribution in [0.5, 0.6) is 0 Å². The first-order valence-corrected chi connectivity index (χ1v) is 10.9. The molecule has 0 radical (unpaired) electrons. The Labute approximate surface area is 187 Å². The molecule has 1 aliphatic rings. The minimum atomic E-state index is -0.585. The Morgan fingerprint density at radius 2 is 2.10 bits per heavy atom. The molecule has 2 heterocycles. The Morgan fingerprint density at radius 3 is 2.77 bits per heavy atom. The third-order valence-corrected chi connectivity index (χ3v) is 5.59. The van der Waals surface area contributed by atoms with E-state index in [4.69, 9.17) is 17.3 Å². The van der Waals surface area contributed by atoms with Crippen molar-refractivity contribution in [2.24, 2.45) is 11.1 Å². The van der Waals surface area contributed by atoms with Gasteiger partial charge in [0, 0.05) is 18.1 Å². The molecule has 1 aromatic heterocycles. The summed E-state index contributed by atoms with van der Waals surface area (Å²) in [5.41, 5.74) is 7.63. The molecule has 168 valence electrons. The van der Waals surface area contributed by atoms with Crippen molar-refractivity contribution < 1.29 is 9.59 Å². The van der Waals surface area contributed by atoms with E-state index in [9.17, 15) is 9.59 Å². The van der Waals surface area contributed by atoms with Crippen LogP contribution in [0.2, 0.25) is 5.02 Å². The number of hydrogen-bond donors (Lipinski definition) is 2. The van der Waals surface area contributed by atoms with E-state index in [2.05, 4.69) is 41.6 Å². The van der Waals surface area contributed by atoms with Gasteiger partial charge >= 0.3 is 6.03 Å². The molecule has 1 fully saturated rings. The lowest BCUT2D eigenvalue weighted by atomic mass is 9.84. The van der Waals surface area contributed by atoms with E-state index in [0.717, 1.165) is 18.4 Å². The predicted molar refractivity (Wildman–Crippen MR) is 118 cm³/mol. The van der Waals surface area contributed by atoms with Crippen molar-refractivity contribution in [3.05, 3.63) is 35.1 Å². The first kappa shape index (κ1) is 23.1. The number of aromatic nitrogens is 4. The number of likely N-dealkylation sites (tertiary alicyclic amines) is 1. The molecule has 2 amide bonds. The number of nitrogens with one attached hydrogen (secondary N) is 1. The standard InChI is InChI=1S/C21H30ClN7O2/c1-21(2,3)11-16(23)19(30)18-6-4-5-9-28(18)20(31)24-12-14-10-15(22)7-8-17(14)29-13-25-26-27-29/h7-8,10,13,16,18H,4-6,9,11-12,23H2,1-3H3,(H,24,31)/t16-,18?/m1/s1. The number of halogens is 1. The molecule has 0 bridgehead atoms. The van der Waals surface area contributed by atoms with Gasteiger partial charge in [0.2, 0.25) is 0 Å². The summed E-state index contributed by atoms with van der Waals surface area (Å²) in [5, 5.41) is 14.7. The van der Waals surface area contributed by atoms with Gasteiger partial charge in [-0.3, -0.25) is 4.79 Å². The minimum Gasteiger partial charge on any atom is -0.334 e. The topological polar surface area (TPSA) is 119 Å². The third kappa shape index (κ3) is 6.01. The number of hydrogen-bond acceptors (Lipinski definition) is 6. The van der Waals surface area contributed by atoms with E-state index < -0.39 is 12.1 Å². The summed E-state index contributed by atoms with van der Waals surface area (Å²) in [7, 11) is 0. The maximum absolute atomic E-state index is 13.0. The molecular formula is C21H30ClN7O2. The van der Waals surface area contributed by atoms with E-state index in [1.165, 1.54) is 11.0 Å². The average molecular weight is 448 g/mol. The van der Waals surface area contributed by atoms with Crippen molar-refractivity contribution in [2.75, 3.05) is 6.54 Å². The number of nitrogens with zero attached hydrogens (tertiary/aromatic N) is 5. The number of ketones is 1. The molecule has 2 atom stereocenters. The number of nitrogens with two attached hydrogens (primary N) is 1. The Hall–Kier alpha value is -2.52. The first-order chi connectivity index (χ1) is 14.7. The van der Waals surface area contributed by atoms with E-state index in [1.54, 1.807) is 23.1 Å². The SMILES string of the molecule is CC(C)(C)C[C@@H](N)C(=O)C1CCCCN1C(=O)NCc1cc(Cl)ccc1-n1cnnn1. The lowest BCUT2D eigenvalue weighted by molar-refractivity contribution is -0.126. The number of piperidine rings is 1. The number of carbonyl (C=O) groups excluding carboxylic acids is 2. The van der Waals surface area contributed by atoms with Gasteiger partial charge in [-0.15, -0.1) is 5.10 Å². The van der Waals surface area contributed by atoms with E-state index in [0.29, 0.717) is 30.1 Å². The molecule has 1 unspecified atom stereocenters. The monoisotopic (exact) mass is 447 g/mol. The summed E-state index contributed by atoms with van der Waals surface area (Å²) in [4.78, 5) is 27.7. The Bertz CT molecular complexity index is 911. The average Bonchev–Trinajstić information content (AvgIpc) is 3.25. The molecular weight excluding hydrogens is 418 g/mol. The van der Waals surface area contributed by atoms with Crippen LogP contribution in [0.4, 0.5) is 4.79 Å². The number of benzene rings is 1. The molecule has 1 saturated heterocycles. The summed E-state index contributed by atoms with van der Waals surface area (Å²) >= 11 is 6.15. The number of rotatable bonds is 6. The van der Waals surface area contributed by atoms with Crippen molar-refractivity contribution >= 4 is 23.4 Å². The minimum absolute atomic E-state index is 0.0595. The van der Waals surface area contributed by atoms with Crippen LogP contribution in [0.25, 0.3) is 5.69 Å². The van der Waals surface area contributed by atoms with Crippen LogP contribution >= 0.6 is 11.6 Å². The molecule has 3 N–H and O–H groups in total. The summed E-state index contributed by atoms with van der Waals surface area (Å²) in [6.07, 6.45) is 4.45. The number of urea groups is 1.